The van der Waals surface area contributed by atoms with Crippen LogP contribution in [-0.2, 0) is 0 Å². The number of hydrogen-bond acceptors (Lipinski definition) is 3. The molecule has 0 aliphatic carbocycles. The van der Waals surface area contributed by atoms with Crippen LogP contribution in [0.3, 0.4) is 0 Å². The number of hydrogen-bond donors (Lipinski definition) is 2. The van der Waals surface area contributed by atoms with E-state index in [0.717, 1.165) is 17.5 Å². The van der Waals surface area contributed by atoms with Crippen LogP contribution in [0.15, 0.2) is 54.6 Å². The molecule has 0 saturated heterocycles. The summed E-state index contributed by atoms with van der Waals surface area (Å²) in [6.07, 6.45) is 0.833. The smallest absolute Gasteiger partial charge is 0.150 e. The van der Waals surface area contributed by atoms with Crippen LogP contribution in [0.5, 0.6) is 0 Å². The molecule has 0 saturated carbocycles. The van der Waals surface area contributed by atoms with Crippen molar-refractivity contribution in [2.75, 3.05) is 5.43 Å². The third-order valence-electron chi connectivity index (χ3n) is 2.12. The summed E-state index contributed by atoms with van der Waals surface area (Å²) >= 11 is 0. The molecule has 3 N–H and O–H groups in total. The molecule has 17 heavy (non-hydrogen) atoms. The average molecular weight is 228 g/mol. The zero-order valence-electron chi connectivity index (χ0n) is 9.76. The van der Waals surface area contributed by atoms with E-state index in [1.165, 1.54) is 5.56 Å². The maximum atomic E-state index is 10.0. The first-order valence-electron chi connectivity index (χ1n) is 5.30. The molecule has 0 aliphatic rings. The number of aryl methyl sites for hydroxylation is 1. The Kier molecular flexibility index (Phi) is 5.47. The van der Waals surface area contributed by atoms with Gasteiger partial charge >= 0.3 is 0 Å². The lowest BCUT2D eigenvalue weighted by atomic mass is 10.2. The highest BCUT2D eigenvalue weighted by atomic mass is 16.1. The zero-order chi connectivity index (χ0) is 12.5. The summed E-state index contributed by atoms with van der Waals surface area (Å²) in [5, 5.41) is 0. The van der Waals surface area contributed by atoms with Crippen LogP contribution >= 0.6 is 0 Å². The molecule has 2 aromatic carbocycles. The van der Waals surface area contributed by atoms with Gasteiger partial charge in [0.2, 0.25) is 0 Å². The van der Waals surface area contributed by atoms with Gasteiger partial charge in [0.1, 0.15) is 6.29 Å². The molecule has 0 heterocycles. The number of rotatable bonds is 2. The SMILES string of the molecule is Cc1cccc(NN)c1.O=Cc1ccccc1. The van der Waals surface area contributed by atoms with Gasteiger partial charge in [-0.05, 0) is 24.6 Å². The quantitative estimate of drug-likeness (QED) is 0.472. The van der Waals surface area contributed by atoms with Crippen molar-refractivity contribution in [2.45, 2.75) is 6.92 Å². The predicted octanol–water partition coefficient (Wildman–Crippen LogP) is 2.78. The van der Waals surface area contributed by atoms with Crippen molar-refractivity contribution in [2.24, 2.45) is 5.84 Å². The molecule has 3 nitrogen and oxygen atoms in total. The number of carbonyl (C=O) groups is 1. The van der Waals surface area contributed by atoms with Gasteiger partial charge in [-0.2, -0.15) is 0 Å². The lowest BCUT2D eigenvalue weighted by molar-refractivity contribution is 0.112. The molecular weight excluding hydrogens is 212 g/mol. The maximum Gasteiger partial charge on any atom is 0.150 e. The number of nitrogens with two attached hydrogens (primary N) is 1. The Morgan fingerprint density at radius 3 is 2.18 bits per heavy atom. The summed E-state index contributed by atoms with van der Waals surface area (Å²) in [7, 11) is 0. The summed E-state index contributed by atoms with van der Waals surface area (Å²) < 4.78 is 0. The number of aldehydes is 1. The predicted molar refractivity (Wildman–Crippen MR) is 70.8 cm³/mol. The van der Waals surface area contributed by atoms with E-state index in [0.29, 0.717) is 0 Å². The van der Waals surface area contributed by atoms with Gasteiger partial charge in [-0.3, -0.25) is 10.6 Å². The summed E-state index contributed by atoms with van der Waals surface area (Å²) in [6.45, 7) is 2.03. The monoisotopic (exact) mass is 228 g/mol. The highest BCUT2D eigenvalue weighted by Gasteiger charge is 1.85. The summed E-state index contributed by atoms with van der Waals surface area (Å²) in [6, 6.07) is 17.0. The van der Waals surface area contributed by atoms with E-state index in [-0.39, 0.29) is 0 Å². The summed E-state index contributed by atoms with van der Waals surface area (Å²) in [5.41, 5.74) is 5.46. The third-order valence-corrected chi connectivity index (χ3v) is 2.12. The van der Waals surface area contributed by atoms with Gasteiger partial charge in [0.15, 0.2) is 0 Å². The summed E-state index contributed by atoms with van der Waals surface area (Å²) in [4.78, 5) is 10.0. The highest BCUT2D eigenvalue weighted by Crippen LogP contribution is 2.06. The van der Waals surface area contributed by atoms with Crippen LogP contribution in [-0.4, -0.2) is 6.29 Å². The van der Waals surface area contributed by atoms with Crippen LogP contribution < -0.4 is 11.3 Å². The topological polar surface area (TPSA) is 55.1 Å². The minimum atomic E-state index is 0.729. The first-order valence-corrected chi connectivity index (χ1v) is 5.30. The Balaban J connectivity index is 0.000000171. The number of nitrogens with one attached hydrogen (secondary N) is 1. The van der Waals surface area contributed by atoms with E-state index in [1.807, 2.05) is 49.4 Å². The minimum Gasteiger partial charge on any atom is -0.324 e. The molecule has 3 heteroatoms. The molecule has 88 valence electrons. The first kappa shape index (κ1) is 12.9. The van der Waals surface area contributed by atoms with Crippen LogP contribution in [0.2, 0.25) is 0 Å². The molecule has 0 radical (unpaired) electrons. The zero-order valence-corrected chi connectivity index (χ0v) is 9.76. The Bertz CT molecular complexity index is 455. The third kappa shape index (κ3) is 4.95. The number of anilines is 1. The molecule has 2 rings (SSSR count). The highest BCUT2D eigenvalue weighted by molar-refractivity contribution is 5.74. The van der Waals surface area contributed by atoms with E-state index >= 15 is 0 Å². The van der Waals surface area contributed by atoms with Gasteiger partial charge < -0.3 is 5.43 Å². The fraction of sp³-hybridized carbons (Fsp3) is 0.0714. The number of benzene rings is 2. The van der Waals surface area contributed by atoms with E-state index in [2.05, 4.69) is 5.43 Å². The van der Waals surface area contributed by atoms with Gasteiger partial charge in [-0.15, -0.1) is 0 Å². The van der Waals surface area contributed by atoms with Crippen LogP contribution in [0.25, 0.3) is 0 Å². The van der Waals surface area contributed by atoms with Gasteiger partial charge in [-0.25, -0.2) is 0 Å². The molecule has 0 atom stereocenters. The van der Waals surface area contributed by atoms with Gasteiger partial charge in [-0.1, -0.05) is 42.5 Å². The molecule has 0 unspecified atom stereocenters. The van der Waals surface area contributed by atoms with Crippen molar-refractivity contribution in [3.8, 4) is 0 Å². The van der Waals surface area contributed by atoms with E-state index in [9.17, 15) is 4.79 Å². The molecule has 0 aromatic heterocycles. The molecule has 0 amide bonds. The second kappa shape index (κ2) is 7.19. The number of nitrogen functional groups attached to an aromatic ring is 1. The van der Waals surface area contributed by atoms with E-state index in [4.69, 9.17) is 5.84 Å². The lowest BCUT2D eigenvalue weighted by Crippen LogP contribution is -2.06. The normalized spacial score (nSPS) is 8.82. The molecule has 0 spiro atoms. The molecular formula is C14H16N2O. The fourth-order valence-corrected chi connectivity index (χ4v) is 1.27. The molecule has 0 bridgehead atoms. The first-order chi connectivity index (χ1) is 8.26. The average Bonchev–Trinajstić information content (AvgIpc) is 2.40. The largest absolute Gasteiger partial charge is 0.324 e. The van der Waals surface area contributed by atoms with Crippen LogP contribution in [0.4, 0.5) is 5.69 Å². The standard InChI is InChI=1S/C7H10N2.C7H6O/c1-6-3-2-4-7(5-6)9-8;8-6-7-4-2-1-3-5-7/h2-5,9H,8H2,1H3;1-6H. The Morgan fingerprint density at radius 2 is 1.76 bits per heavy atom. The fourth-order valence-electron chi connectivity index (χ4n) is 1.27. The van der Waals surface area contributed by atoms with Gasteiger partial charge in [0.25, 0.3) is 0 Å². The second-order valence-electron chi connectivity index (χ2n) is 3.54. The molecule has 2 aromatic rings. The van der Waals surface area contributed by atoms with Crippen molar-refractivity contribution in [3.63, 3.8) is 0 Å². The second-order valence-corrected chi connectivity index (χ2v) is 3.54. The minimum absolute atomic E-state index is 0.729. The number of hydrazine groups is 1. The van der Waals surface area contributed by atoms with Gasteiger partial charge in [0.05, 0.1) is 0 Å². The van der Waals surface area contributed by atoms with Crippen LogP contribution in [0, 0.1) is 6.92 Å². The molecule has 0 fully saturated rings. The van der Waals surface area contributed by atoms with E-state index < -0.39 is 0 Å². The maximum absolute atomic E-state index is 10.0. The van der Waals surface area contributed by atoms with Crippen molar-refractivity contribution in [1.82, 2.24) is 0 Å². The number of carbonyl (C=O) groups excluding carboxylic acids is 1. The Labute approximate surface area is 101 Å². The van der Waals surface area contributed by atoms with Gasteiger partial charge in [0, 0.05) is 11.3 Å². The Morgan fingerprint density at radius 1 is 1.06 bits per heavy atom. The molecule has 0 aliphatic heterocycles. The van der Waals surface area contributed by atoms with Crippen molar-refractivity contribution in [1.29, 1.82) is 0 Å². The lowest BCUT2D eigenvalue weighted by Gasteiger charge is -1.98. The van der Waals surface area contributed by atoms with Crippen LogP contribution in [0.1, 0.15) is 15.9 Å². The van der Waals surface area contributed by atoms with E-state index in [1.54, 1.807) is 12.1 Å². The summed E-state index contributed by atoms with van der Waals surface area (Å²) in [5.74, 6) is 5.17. The van der Waals surface area contributed by atoms with Crippen molar-refractivity contribution < 1.29 is 4.79 Å². The Hall–Kier alpha value is -2.13. The van der Waals surface area contributed by atoms with Crippen molar-refractivity contribution in [3.05, 3.63) is 65.7 Å². The van der Waals surface area contributed by atoms with Crippen molar-refractivity contribution >= 4 is 12.0 Å².